The van der Waals surface area contributed by atoms with Gasteiger partial charge in [-0.2, -0.15) is 0 Å². The summed E-state index contributed by atoms with van der Waals surface area (Å²) in [6.07, 6.45) is 1.80. The van der Waals surface area contributed by atoms with Crippen LogP contribution in [0.4, 0.5) is 9.52 Å². The van der Waals surface area contributed by atoms with Crippen LogP contribution in [0.1, 0.15) is 6.42 Å². The van der Waals surface area contributed by atoms with Crippen LogP contribution in [0.3, 0.4) is 0 Å². The topological polar surface area (TPSA) is 95.5 Å². The Kier molecular flexibility index (Phi) is 5.93. The first-order valence-corrected chi connectivity index (χ1v) is 11.7. The van der Waals surface area contributed by atoms with Crippen LogP contribution in [0.25, 0.3) is 10.3 Å². The Morgan fingerprint density at radius 1 is 1.13 bits per heavy atom. The molecular formula is C19H20FN5O3S2. The van der Waals surface area contributed by atoms with E-state index in [9.17, 15) is 17.6 Å². The van der Waals surface area contributed by atoms with Crippen molar-refractivity contribution >= 4 is 42.7 Å². The molecule has 158 valence electrons. The lowest BCUT2D eigenvalue weighted by atomic mass is 10.3. The van der Waals surface area contributed by atoms with E-state index >= 15 is 0 Å². The molecule has 1 aliphatic rings. The molecule has 1 fully saturated rings. The molecule has 1 N–H and O–H groups in total. The lowest BCUT2D eigenvalue weighted by molar-refractivity contribution is -0.131. The third kappa shape index (κ3) is 4.58. The molecule has 0 unspecified atom stereocenters. The zero-order valence-corrected chi connectivity index (χ0v) is 17.6. The number of amides is 1. The Hall–Kier alpha value is -2.63. The average molecular weight is 450 g/mol. The van der Waals surface area contributed by atoms with Crippen molar-refractivity contribution in [3.05, 3.63) is 48.4 Å². The van der Waals surface area contributed by atoms with Gasteiger partial charge >= 0.3 is 0 Å². The van der Waals surface area contributed by atoms with Crippen LogP contribution >= 0.6 is 11.3 Å². The standard InChI is InChI=1S/C19H20FN5O3S2/c20-14-3-5-15(6-4-14)30(27,28)22-9-7-17(26)24-10-12-25(13-11-24)19-23-16-2-1-8-21-18(16)29-19/h1-6,8,22H,7,9-13H2. The number of hydrogen-bond donors (Lipinski definition) is 1. The van der Waals surface area contributed by atoms with Crippen molar-refractivity contribution in [2.75, 3.05) is 37.6 Å². The van der Waals surface area contributed by atoms with E-state index in [0.29, 0.717) is 26.2 Å². The Labute approximate surface area is 177 Å². The molecule has 3 heterocycles. The quantitative estimate of drug-likeness (QED) is 0.617. The smallest absolute Gasteiger partial charge is 0.240 e. The summed E-state index contributed by atoms with van der Waals surface area (Å²) in [5.41, 5.74) is 0.865. The lowest BCUT2D eigenvalue weighted by Crippen LogP contribution is -2.49. The molecule has 0 saturated carbocycles. The maximum atomic E-state index is 13.0. The normalized spacial score (nSPS) is 15.0. The molecule has 0 bridgehead atoms. The molecule has 1 amide bonds. The largest absolute Gasteiger partial charge is 0.344 e. The van der Waals surface area contributed by atoms with Gasteiger partial charge in [-0.1, -0.05) is 11.3 Å². The highest BCUT2D eigenvalue weighted by Crippen LogP contribution is 2.27. The number of fused-ring (bicyclic) bond motifs is 1. The van der Waals surface area contributed by atoms with Gasteiger partial charge in [-0.05, 0) is 36.4 Å². The highest BCUT2D eigenvalue weighted by molar-refractivity contribution is 7.89. The number of nitrogens with zero attached hydrogens (tertiary/aromatic N) is 4. The fourth-order valence-corrected chi connectivity index (χ4v) is 5.18. The van der Waals surface area contributed by atoms with E-state index < -0.39 is 15.8 Å². The van der Waals surface area contributed by atoms with Gasteiger partial charge in [0.1, 0.15) is 16.2 Å². The van der Waals surface area contributed by atoms with E-state index in [4.69, 9.17) is 0 Å². The van der Waals surface area contributed by atoms with Gasteiger partial charge in [-0.3, -0.25) is 4.79 Å². The predicted octanol–water partition coefficient (Wildman–Crippen LogP) is 1.85. The molecule has 4 rings (SSSR count). The molecule has 1 aromatic carbocycles. The summed E-state index contributed by atoms with van der Waals surface area (Å²) in [7, 11) is -3.77. The summed E-state index contributed by atoms with van der Waals surface area (Å²) in [4.78, 5) is 26.1. The third-order valence-corrected chi connectivity index (χ3v) is 7.33. The number of thiazole rings is 1. The van der Waals surface area contributed by atoms with Gasteiger partial charge in [-0.15, -0.1) is 0 Å². The number of halogens is 1. The summed E-state index contributed by atoms with van der Waals surface area (Å²) in [5.74, 6) is -0.618. The van der Waals surface area contributed by atoms with Gasteiger partial charge in [-0.25, -0.2) is 27.5 Å². The number of benzene rings is 1. The van der Waals surface area contributed by atoms with Crippen LogP contribution in [0.5, 0.6) is 0 Å². The van der Waals surface area contributed by atoms with E-state index in [-0.39, 0.29) is 23.8 Å². The number of hydrogen-bond acceptors (Lipinski definition) is 7. The predicted molar refractivity (Wildman–Crippen MR) is 112 cm³/mol. The first-order valence-electron chi connectivity index (χ1n) is 9.42. The maximum Gasteiger partial charge on any atom is 0.240 e. The van der Waals surface area contributed by atoms with Gasteiger partial charge in [0.2, 0.25) is 15.9 Å². The van der Waals surface area contributed by atoms with Crippen molar-refractivity contribution in [3.8, 4) is 0 Å². The van der Waals surface area contributed by atoms with Crippen molar-refractivity contribution in [2.45, 2.75) is 11.3 Å². The molecule has 1 saturated heterocycles. The highest BCUT2D eigenvalue weighted by atomic mass is 32.2. The Balaban J connectivity index is 1.26. The minimum Gasteiger partial charge on any atom is -0.344 e. The zero-order chi connectivity index (χ0) is 21.1. The van der Waals surface area contributed by atoms with E-state index in [0.717, 1.165) is 27.6 Å². The Bertz CT molecular complexity index is 1110. The second-order valence-electron chi connectivity index (χ2n) is 6.79. The summed E-state index contributed by atoms with van der Waals surface area (Å²) in [6, 6.07) is 8.33. The van der Waals surface area contributed by atoms with Crippen molar-refractivity contribution in [2.24, 2.45) is 0 Å². The van der Waals surface area contributed by atoms with Crippen LogP contribution in [0, 0.1) is 5.82 Å². The first kappa shape index (κ1) is 20.6. The molecule has 1 aliphatic heterocycles. The van der Waals surface area contributed by atoms with E-state index in [1.807, 2.05) is 12.1 Å². The van der Waals surface area contributed by atoms with Crippen LogP contribution in [-0.2, 0) is 14.8 Å². The second-order valence-corrected chi connectivity index (χ2v) is 9.52. The van der Waals surface area contributed by atoms with Crippen molar-refractivity contribution in [3.63, 3.8) is 0 Å². The summed E-state index contributed by atoms with van der Waals surface area (Å²) in [6.45, 7) is 2.40. The van der Waals surface area contributed by atoms with Gasteiger partial charge in [0.25, 0.3) is 0 Å². The van der Waals surface area contributed by atoms with Crippen molar-refractivity contribution < 1.29 is 17.6 Å². The molecule has 0 radical (unpaired) electrons. The maximum absolute atomic E-state index is 13.0. The number of rotatable bonds is 6. The van der Waals surface area contributed by atoms with Crippen molar-refractivity contribution in [1.29, 1.82) is 0 Å². The van der Waals surface area contributed by atoms with Gasteiger partial charge < -0.3 is 9.80 Å². The number of sulfonamides is 1. The molecule has 0 atom stereocenters. The van der Waals surface area contributed by atoms with Crippen molar-refractivity contribution in [1.82, 2.24) is 19.6 Å². The Morgan fingerprint density at radius 2 is 1.87 bits per heavy atom. The summed E-state index contributed by atoms with van der Waals surface area (Å²) in [5, 5.41) is 0.892. The number of pyridine rings is 1. The molecular weight excluding hydrogens is 429 g/mol. The fraction of sp³-hybridized carbons (Fsp3) is 0.316. The fourth-order valence-electron chi connectivity index (χ4n) is 3.19. The van der Waals surface area contributed by atoms with Crippen LogP contribution in [-0.4, -0.2) is 61.9 Å². The van der Waals surface area contributed by atoms with Gasteiger partial charge in [0, 0.05) is 45.3 Å². The molecule has 11 heteroatoms. The number of carbonyl (C=O) groups excluding carboxylic acids is 1. The minimum absolute atomic E-state index is 0.0116. The van der Waals surface area contributed by atoms with Crippen LogP contribution < -0.4 is 9.62 Å². The zero-order valence-electron chi connectivity index (χ0n) is 16.0. The SMILES string of the molecule is O=C(CCNS(=O)(=O)c1ccc(F)cc1)N1CCN(c2nc3cccnc3s2)CC1. The molecule has 2 aromatic heterocycles. The highest BCUT2D eigenvalue weighted by Gasteiger charge is 2.23. The first-order chi connectivity index (χ1) is 14.4. The van der Waals surface area contributed by atoms with E-state index in [2.05, 4.69) is 19.6 Å². The van der Waals surface area contributed by atoms with Gasteiger partial charge in [0.05, 0.1) is 4.90 Å². The summed E-state index contributed by atoms with van der Waals surface area (Å²) >= 11 is 1.53. The molecule has 30 heavy (non-hydrogen) atoms. The van der Waals surface area contributed by atoms with E-state index in [1.165, 1.54) is 23.5 Å². The monoisotopic (exact) mass is 449 g/mol. The van der Waals surface area contributed by atoms with Gasteiger partial charge in [0.15, 0.2) is 5.13 Å². The third-order valence-electron chi connectivity index (χ3n) is 4.81. The minimum atomic E-state index is -3.77. The molecule has 0 spiro atoms. The number of carbonyl (C=O) groups is 1. The lowest BCUT2D eigenvalue weighted by Gasteiger charge is -2.34. The van der Waals surface area contributed by atoms with E-state index in [1.54, 1.807) is 11.1 Å². The average Bonchev–Trinajstić information content (AvgIpc) is 3.18. The molecule has 0 aliphatic carbocycles. The number of nitrogens with one attached hydrogen (secondary N) is 1. The molecule has 8 nitrogen and oxygen atoms in total. The number of piperazine rings is 1. The summed E-state index contributed by atoms with van der Waals surface area (Å²) < 4.78 is 39.7. The van der Waals surface area contributed by atoms with Crippen LogP contribution in [0.2, 0.25) is 0 Å². The number of anilines is 1. The Morgan fingerprint density at radius 3 is 2.57 bits per heavy atom. The van der Waals surface area contributed by atoms with Crippen LogP contribution in [0.15, 0.2) is 47.5 Å². The number of aromatic nitrogens is 2. The second kappa shape index (κ2) is 8.62. The molecule has 3 aromatic rings.